The van der Waals surface area contributed by atoms with Gasteiger partial charge in [-0.2, -0.15) is 4.98 Å². The van der Waals surface area contributed by atoms with E-state index < -0.39 is 0 Å². The van der Waals surface area contributed by atoms with Crippen molar-refractivity contribution >= 4 is 6.08 Å². The third-order valence-corrected chi connectivity index (χ3v) is 3.73. The number of aryl methyl sites for hydroxylation is 1. The molecule has 0 bridgehead atoms. The van der Waals surface area contributed by atoms with Crippen molar-refractivity contribution in [3.05, 3.63) is 41.5 Å². The summed E-state index contributed by atoms with van der Waals surface area (Å²) in [7, 11) is 0. The van der Waals surface area contributed by atoms with E-state index in [1.165, 1.54) is 25.0 Å². The zero-order chi connectivity index (χ0) is 14.7. The molecule has 1 aliphatic heterocycles. The van der Waals surface area contributed by atoms with Crippen molar-refractivity contribution in [2.24, 2.45) is 5.92 Å². The Kier molecular flexibility index (Phi) is 4.10. The molecular weight excluding hydrogens is 269 g/mol. The lowest BCUT2D eigenvalue weighted by molar-refractivity contribution is 0.409. The van der Waals surface area contributed by atoms with Crippen LogP contribution in [0.2, 0.25) is 0 Å². The molecule has 2 heterocycles. The lowest BCUT2D eigenvalue weighted by Crippen LogP contribution is -2.28. The second-order valence-corrected chi connectivity index (χ2v) is 5.38. The molecule has 0 radical (unpaired) electrons. The molecule has 5 heteroatoms. The Morgan fingerprint density at radius 1 is 1.43 bits per heavy atom. The number of halogens is 1. The van der Waals surface area contributed by atoms with E-state index in [4.69, 9.17) is 4.52 Å². The molecule has 0 spiro atoms. The minimum absolute atomic E-state index is 0.300. The van der Waals surface area contributed by atoms with Gasteiger partial charge < -0.3 is 9.84 Å². The van der Waals surface area contributed by atoms with Crippen LogP contribution in [0.4, 0.5) is 4.39 Å². The lowest BCUT2D eigenvalue weighted by Gasteiger charge is -2.18. The largest absolute Gasteiger partial charge is 0.334 e. The van der Waals surface area contributed by atoms with Crippen molar-refractivity contribution in [1.82, 2.24) is 15.5 Å². The predicted molar refractivity (Wildman–Crippen MR) is 79.1 cm³/mol. The van der Waals surface area contributed by atoms with Crippen LogP contribution in [0.1, 0.15) is 24.3 Å². The van der Waals surface area contributed by atoms with Gasteiger partial charge >= 0.3 is 0 Å². The standard InChI is InChI=1S/C16H18FN3O/c1-11-4-6-13(17)9-14(11)16-19-15(21-20-16)7-5-12-3-2-8-18-10-12/h4-7,9,12,18H,2-3,8,10H2,1H3/b7-5+. The van der Waals surface area contributed by atoms with Gasteiger partial charge in [0.25, 0.3) is 5.89 Å². The molecule has 0 aliphatic carbocycles. The fraction of sp³-hybridized carbons (Fsp3) is 0.375. The van der Waals surface area contributed by atoms with Gasteiger partial charge in [-0.1, -0.05) is 17.3 Å². The molecule has 1 fully saturated rings. The number of nitrogens with zero attached hydrogens (tertiary/aromatic N) is 2. The second-order valence-electron chi connectivity index (χ2n) is 5.38. The summed E-state index contributed by atoms with van der Waals surface area (Å²) in [6, 6.07) is 4.57. The highest BCUT2D eigenvalue weighted by molar-refractivity contribution is 5.60. The highest BCUT2D eigenvalue weighted by atomic mass is 19.1. The van der Waals surface area contributed by atoms with Crippen LogP contribution in [0, 0.1) is 18.7 Å². The van der Waals surface area contributed by atoms with Crippen LogP contribution in [0.25, 0.3) is 17.5 Å². The van der Waals surface area contributed by atoms with Crippen LogP contribution in [0.15, 0.2) is 28.8 Å². The highest BCUT2D eigenvalue weighted by Gasteiger charge is 2.12. The number of benzene rings is 1. The van der Waals surface area contributed by atoms with Crippen LogP contribution >= 0.6 is 0 Å². The summed E-state index contributed by atoms with van der Waals surface area (Å²) in [5.41, 5.74) is 1.59. The number of hydrogen-bond acceptors (Lipinski definition) is 4. The van der Waals surface area contributed by atoms with E-state index in [0.29, 0.717) is 23.2 Å². The molecule has 2 aromatic rings. The summed E-state index contributed by atoms with van der Waals surface area (Å²) in [6.07, 6.45) is 6.31. The summed E-state index contributed by atoms with van der Waals surface area (Å²) >= 11 is 0. The van der Waals surface area contributed by atoms with Crippen molar-refractivity contribution in [2.45, 2.75) is 19.8 Å². The van der Waals surface area contributed by atoms with E-state index in [0.717, 1.165) is 18.7 Å². The molecule has 1 saturated heterocycles. The number of aromatic nitrogens is 2. The Balaban J connectivity index is 1.76. The topological polar surface area (TPSA) is 51.0 Å². The number of nitrogens with one attached hydrogen (secondary N) is 1. The molecule has 0 amide bonds. The van der Waals surface area contributed by atoms with E-state index in [1.807, 2.05) is 13.0 Å². The molecule has 4 nitrogen and oxygen atoms in total. The van der Waals surface area contributed by atoms with Crippen LogP contribution in [0.5, 0.6) is 0 Å². The number of rotatable bonds is 3. The van der Waals surface area contributed by atoms with Crippen molar-refractivity contribution in [1.29, 1.82) is 0 Å². The maximum atomic E-state index is 13.3. The van der Waals surface area contributed by atoms with E-state index in [2.05, 4.69) is 21.5 Å². The molecule has 3 rings (SSSR count). The molecule has 0 saturated carbocycles. The Hall–Kier alpha value is -2.01. The van der Waals surface area contributed by atoms with Crippen LogP contribution in [-0.4, -0.2) is 23.2 Å². The molecule has 1 aromatic carbocycles. The number of hydrogen-bond donors (Lipinski definition) is 1. The first-order valence-electron chi connectivity index (χ1n) is 7.21. The molecule has 21 heavy (non-hydrogen) atoms. The second kappa shape index (κ2) is 6.18. The van der Waals surface area contributed by atoms with E-state index in [1.54, 1.807) is 6.07 Å². The smallest absolute Gasteiger partial charge is 0.250 e. The molecule has 1 aromatic heterocycles. The number of piperidine rings is 1. The summed E-state index contributed by atoms with van der Waals surface area (Å²) in [6.45, 7) is 3.97. The predicted octanol–water partition coefficient (Wildman–Crippen LogP) is 3.20. The first-order chi connectivity index (χ1) is 10.2. The van der Waals surface area contributed by atoms with Gasteiger partial charge in [0.2, 0.25) is 5.82 Å². The van der Waals surface area contributed by atoms with Crippen molar-refractivity contribution < 1.29 is 8.91 Å². The quantitative estimate of drug-likeness (QED) is 0.942. The Labute approximate surface area is 123 Å². The SMILES string of the molecule is Cc1ccc(F)cc1-c1noc(/C=C/C2CCCNC2)n1. The van der Waals surface area contributed by atoms with Crippen molar-refractivity contribution in [3.63, 3.8) is 0 Å². The zero-order valence-corrected chi connectivity index (χ0v) is 12.0. The van der Waals surface area contributed by atoms with Gasteiger partial charge in [-0.05, 0) is 56.0 Å². The van der Waals surface area contributed by atoms with Gasteiger partial charge in [-0.3, -0.25) is 0 Å². The van der Waals surface area contributed by atoms with Gasteiger partial charge in [0, 0.05) is 12.1 Å². The molecule has 1 aliphatic rings. The van der Waals surface area contributed by atoms with Gasteiger partial charge in [0.05, 0.1) is 0 Å². The normalized spacial score (nSPS) is 19.2. The first kappa shape index (κ1) is 13.9. The first-order valence-corrected chi connectivity index (χ1v) is 7.21. The van der Waals surface area contributed by atoms with Gasteiger partial charge in [0.1, 0.15) is 5.82 Å². The molecule has 1 N–H and O–H groups in total. The van der Waals surface area contributed by atoms with E-state index in [-0.39, 0.29) is 5.82 Å². The lowest BCUT2D eigenvalue weighted by atomic mass is 9.99. The molecular formula is C16H18FN3O. The maximum Gasteiger partial charge on any atom is 0.250 e. The van der Waals surface area contributed by atoms with Crippen LogP contribution in [0.3, 0.4) is 0 Å². The van der Waals surface area contributed by atoms with Gasteiger partial charge in [0.15, 0.2) is 0 Å². The van der Waals surface area contributed by atoms with Crippen LogP contribution < -0.4 is 5.32 Å². The minimum Gasteiger partial charge on any atom is -0.334 e. The Morgan fingerprint density at radius 2 is 2.33 bits per heavy atom. The Bertz CT molecular complexity index is 645. The molecule has 1 unspecified atom stereocenters. The summed E-state index contributed by atoms with van der Waals surface area (Å²) < 4.78 is 18.5. The summed E-state index contributed by atoms with van der Waals surface area (Å²) in [5, 5.41) is 7.29. The fourth-order valence-electron chi connectivity index (χ4n) is 2.51. The van der Waals surface area contributed by atoms with Gasteiger partial charge in [-0.25, -0.2) is 4.39 Å². The molecule has 1 atom stereocenters. The van der Waals surface area contributed by atoms with E-state index >= 15 is 0 Å². The average Bonchev–Trinajstić information content (AvgIpc) is 2.97. The van der Waals surface area contributed by atoms with E-state index in [9.17, 15) is 4.39 Å². The van der Waals surface area contributed by atoms with Crippen LogP contribution in [-0.2, 0) is 0 Å². The molecule has 110 valence electrons. The minimum atomic E-state index is -0.300. The third-order valence-electron chi connectivity index (χ3n) is 3.73. The van der Waals surface area contributed by atoms with Gasteiger partial charge in [-0.15, -0.1) is 0 Å². The fourth-order valence-corrected chi connectivity index (χ4v) is 2.51. The van der Waals surface area contributed by atoms with Crippen molar-refractivity contribution in [2.75, 3.05) is 13.1 Å². The zero-order valence-electron chi connectivity index (χ0n) is 12.0. The maximum absolute atomic E-state index is 13.3. The Morgan fingerprint density at radius 3 is 3.14 bits per heavy atom. The summed E-state index contributed by atoms with van der Waals surface area (Å²) in [5.74, 6) is 1.09. The monoisotopic (exact) mass is 287 g/mol. The van der Waals surface area contributed by atoms with Crippen molar-refractivity contribution in [3.8, 4) is 11.4 Å². The highest BCUT2D eigenvalue weighted by Crippen LogP contribution is 2.22. The summed E-state index contributed by atoms with van der Waals surface area (Å²) in [4.78, 5) is 4.32. The third kappa shape index (κ3) is 3.36. The average molecular weight is 287 g/mol.